The first-order chi connectivity index (χ1) is 13.1. The van der Waals surface area contributed by atoms with Gasteiger partial charge in [0.15, 0.2) is 0 Å². The summed E-state index contributed by atoms with van der Waals surface area (Å²) in [5, 5.41) is 10.9. The number of nitrogens with zero attached hydrogens (tertiary/aromatic N) is 1. The number of aromatic nitrogens is 1. The predicted octanol–water partition coefficient (Wildman–Crippen LogP) is 5.82. The van der Waals surface area contributed by atoms with Crippen LogP contribution in [0.1, 0.15) is 11.7 Å². The number of hydrogen-bond acceptors (Lipinski definition) is 4. The van der Waals surface area contributed by atoms with Crippen LogP contribution in [-0.4, -0.2) is 16.1 Å². The molecule has 0 aliphatic carbocycles. The summed E-state index contributed by atoms with van der Waals surface area (Å²) in [6.45, 7) is 0. The minimum absolute atomic E-state index is 0.460. The Hall–Kier alpha value is -2.89. The SMILES string of the molecule is O=C(O)C(Oc1ccccc1-c1nc2ccccc2s1)c1cccc(Cl)c1. The van der Waals surface area contributed by atoms with E-state index in [1.165, 1.54) is 11.3 Å². The molecule has 1 aromatic heterocycles. The van der Waals surface area contributed by atoms with Crippen LogP contribution in [0.3, 0.4) is 0 Å². The van der Waals surface area contributed by atoms with Crippen LogP contribution in [0.15, 0.2) is 72.8 Å². The number of carboxylic acid groups (broad SMARTS) is 1. The maximum atomic E-state index is 11.8. The highest BCUT2D eigenvalue weighted by molar-refractivity contribution is 7.21. The van der Waals surface area contributed by atoms with Crippen molar-refractivity contribution in [1.82, 2.24) is 4.98 Å². The van der Waals surface area contributed by atoms with Crippen molar-refractivity contribution >= 4 is 39.1 Å². The van der Waals surface area contributed by atoms with Crippen LogP contribution in [0.2, 0.25) is 5.02 Å². The van der Waals surface area contributed by atoms with Crippen LogP contribution in [0.5, 0.6) is 5.75 Å². The van der Waals surface area contributed by atoms with Gasteiger partial charge >= 0.3 is 5.97 Å². The molecule has 4 nitrogen and oxygen atoms in total. The van der Waals surface area contributed by atoms with E-state index in [1.807, 2.05) is 42.5 Å². The van der Waals surface area contributed by atoms with Crippen LogP contribution >= 0.6 is 22.9 Å². The van der Waals surface area contributed by atoms with Crippen molar-refractivity contribution in [2.75, 3.05) is 0 Å². The number of aliphatic carboxylic acids is 1. The van der Waals surface area contributed by atoms with Gasteiger partial charge in [-0.2, -0.15) is 0 Å². The lowest BCUT2D eigenvalue weighted by molar-refractivity contribution is -0.145. The highest BCUT2D eigenvalue weighted by Crippen LogP contribution is 2.37. The Bertz CT molecular complexity index is 1090. The first-order valence-electron chi connectivity index (χ1n) is 8.22. The molecule has 0 radical (unpaired) electrons. The van der Waals surface area contributed by atoms with Gasteiger partial charge in [-0.05, 0) is 36.4 Å². The number of rotatable bonds is 5. The van der Waals surface area contributed by atoms with Gasteiger partial charge in [-0.3, -0.25) is 0 Å². The van der Waals surface area contributed by atoms with E-state index in [9.17, 15) is 9.90 Å². The van der Waals surface area contributed by atoms with Crippen molar-refractivity contribution in [2.45, 2.75) is 6.10 Å². The first-order valence-corrected chi connectivity index (χ1v) is 9.41. The maximum Gasteiger partial charge on any atom is 0.349 e. The Morgan fingerprint density at radius 3 is 2.59 bits per heavy atom. The number of fused-ring (bicyclic) bond motifs is 1. The van der Waals surface area contributed by atoms with Crippen molar-refractivity contribution in [1.29, 1.82) is 0 Å². The van der Waals surface area contributed by atoms with Crippen LogP contribution < -0.4 is 4.74 Å². The number of ether oxygens (including phenoxy) is 1. The van der Waals surface area contributed by atoms with Gasteiger partial charge in [-0.15, -0.1) is 11.3 Å². The van der Waals surface area contributed by atoms with Gasteiger partial charge in [0, 0.05) is 10.6 Å². The third kappa shape index (κ3) is 3.65. The molecule has 27 heavy (non-hydrogen) atoms. The number of benzene rings is 3. The van der Waals surface area contributed by atoms with Gasteiger partial charge in [-0.25, -0.2) is 9.78 Å². The number of carboxylic acids is 1. The Kier molecular flexibility index (Phi) is 4.79. The molecule has 0 amide bonds. The molecule has 4 aromatic rings. The average molecular weight is 396 g/mol. The summed E-state index contributed by atoms with van der Waals surface area (Å²) in [5.74, 6) is -0.625. The molecule has 0 fully saturated rings. The van der Waals surface area contributed by atoms with Crippen LogP contribution in [0.25, 0.3) is 20.8 Å². The van der Waals surface area contributed by atoms with E-state index in [1.54, 1.807) is 30.3 Å². The van der Waals surface area contributed by atoms with E-state index in [0.717, 1.165) is 20.8 Å². The lowest BCUT2D eigenvalue weighted by atomic mass is 10.1. The van der Waals surface area contributed by atoms with Crippen molar-refractivity contribution < 1.29 is 14.6 Å². The maximum absolute atomic E-state index is 11.8. The van der Waals surface area contributed by atoms with Crippen molar-refractivity contribution in [2.24, 2.45) is 0 Å². The molecule has 6 heteroatoms. The number of hydrogen-bond donors (Lipinski definition) is 1. The fourth-order valence-corrected chi connectivity index (χ4v) is 3.99. The van der Waals surface area contributed by atoms with Gasteiger partial charge < -0.3 is 9.84 Å². The van der Waals surface area contributed by atoms with Gasteiger partial charge in [0.2, 0.25) is 6.10 Å². The second kappa shape index (κ2) is 7.39. The summed E-state index contributed by atoms with van der Waals surface area (Å²) >= 11 is 7.55. The lowest BCUT2D eigenvalue weighted by Crippen LogP contribution is -2.18. The Morgan fingerprint density at radius 2 is 1.81 bits per heavy atom. The van der Waals surface area contributed by atoms with Crippen LogP contribution in [-0.2, 0) is 4.79 Å². The van der Waals surface area contributed by atoms with Gasteiger partial charge in [0.05, 0.1) is 15.8 Å². The third-order valence-electron chi connectivity index (χ3n) is 4.03. The molecule has 0 saturated heterocycles. The zero-order valence-electron chi connectivity index (χ0n) is 14.0. The van der Waals surface area contributed by atoms with E-state index in [-0.39, 0.29) is 0 Å². The fourth-order valence-electron chi connectivity index (χ4n) is 2.79. The Labute approximate surface area is 164 Å². The smallest absolute Gasteiger partial charge is 0.349 e. The minimum atomic E-state index is -1.17. The fraction of sp³-hybridized carbons (Fsp3) is 0.0476. The molecule has 1 heterocycles. The Balaban J connectivity index is 1.74. The van der Waals surface area contributed by atoms with E-state index in [4.69, 9.17) is 16.3 Å². The minimum Gasteiger partial charge on any atom is -0.478 e. The molecule has 0 spiro atoms. The van der Waals surface area contributed by atoms with E-state index >= 15 is 0 Å². The normalized spacial score (nSPS) is 12.0. The third-order valence-corrected chi connectivity index (χ3v) is 5.34. The van der Waals surface area contributed by atoms with Crippen molar-refractivity contribution in [3.05, 3.63) is 83.4 Å². The molecule has 0 aliphatic heterocycles. The molecule has 1 unspecified atom stereocenters. The highest BCUT2D eigenvalue weighted by atomic mass is 35.5. The summed E-state index contributed by atoms with van der Waals surface area (Å²) in [7, 11) is 0. The zero-order chi connectivity index (χ0) is 18.8. The zero-order valence-corrected chi connectivity index (χ0v) is 15.6. The van der Waals surface area contributed by atoms with E-state index in [2.05, 4.69) is 4.98 Å². The highest BCUT2D eigenvalue weighted by Gasteiger charge is 2.24. The van der Waals surface area contributed by atoms with Crippen molar-refractivity contribution in [3.63, 3.8) is 0 Å². The van der Waals surface area contributed by atoms with E-state index < -0.39 is 12.1 Å². The molecule has 0 aliphatic rings. The van der Waals surface area contributed by atoms with Gasteiger partial charge in [-0.1, -0.05) is 48.0 Å². The molecule has 1 atom stereocenters. The second-order valence-corrected chi connectivity index (χ2v) is 7.34. The van der Waals surface area contributed by atoms with Gasteiger partial charge in [0.25, 0.3) is 0 Å². The molecule has 134 valence electrons. The predicted molar refractivity (Wildman–Crippen MR) is 108 cm³/mol. The lowest BCUT2D eigenvalue weighted by Gasteiger charge is -2.17. The molecule has 4 rings (SSSR count). The first kappa shape index (κ1) is 17.5. The number of halogens is 1. The van der Waals surface area contributed by atoms with Crippen LogP contribution in [0.4, 0.5) is 0 Å². The molecule has 0 saturated carbocycles. The van der Waals surface area contributed by atoms with E-state index in [0.29, 0.717) is 16.3 Å². The quantitative estimate of drug-likeness (QED) is 0.462. The monoisotopic (exact) mass is 395 g/mol. The summed E-state index contributed by atoms with van der Waals surface area (Å²) in [6.07, 6.45) is -1.17. The largest absolute Gasteiger partial charge is 0.478 e. The average Bonchev–Trinajstić information content (AvgIpc) is 3.10. The molecular formula is C21H14ClNO3S. The van der Waals surface area contributed by atoms with Gasteiger partial charge in [0.1, 0.15) is 10.8 Å². The van der Waals surface area contributed by atoms with Crippen LogP contribution in [0, 0.1) is 0 Å². The standard InChI is InChI=1S/C21H14ClNO3S/c22-14-7-5-6-13(12-14)19(21(24)25)26-17-10-3-1-8-15(17)20-23-16-9-2-4-11-18(16)27-20/h1-12,19H,(H,24,25). The number of thiazole rings is 1. The summed E-state index contributed by atoms with van der Waals surface area (Å²) < 4.78 is 6.97. The Morgan fingerprint density at radius 1 is 1.04 bits per heavy atom. The molecule has 3 aromatic carbocycles. The number of carbonyl (C=O) groups is 1. The summed E-state index contributed by atoms with van der Waals surface area (Å²) in [6, 6.07) is 21.9. The summed E-state index contributed by atoms with van der Waals surface area (Å²) in [4.78, 5) is 16.5. The summed E-state index contributed by atoms with van der Waals surface area (Å²) in [5.41, 5.74) is 2.14. The molecule has 1 N–H and O–H groups in total. The number of para-hydroxylation sites is 2. The second-order valence-electron chi connectivity index (χ2n) is 5.87. The van der Waals surface area contributed by atoms with Crippen molar-refractivity contribution in [3.8, 4) is 16.3 Å². The molecular weight excluding hydrogens is 382 g/mol. The molecule has 0 bridgehead atoms. The topological polar surface area (TPSA) is 59.4 Å².